The molecule has 1 unspecified atom stereocenters. The minimum atomic E-state index is -1.02. The fraction of sp³-hybridized carbons (Fsp3) is 0.571. The van der Waals surface area contributed by atoms with Gasteiger partial charge in [0.25, 0.3) is 0 Å². The minimum Gasteiger partial charge on any atom is -0.385 e. The molecule has 30 heavy (non-hydrogen) atoms. The number of fused-ring (bicyclic) bond motifs is 1. The molecule has 5 rings (SSSR count). The van der Waals surface area contributed by atoms with Crippen LogP contribution in [0.5, 0.6) is 0 Å². The molecule has 0 radical (unpaired) electrons. The second-order valence-corrected chi connectivity index (χ2v) is 8.94. The molecule has 2 fully saturated rings. The van der Waals surface area contributed by atoms with Crippen LogP contribution in [0.3, 0.4) is 0 Å². The van der Waals surface area contributed by atoms with Gasteiger partial charge in [0.2, 0.25) is 0 Å². The number of nitrogens with one attached hydrogen (secondary N) is 1. The quantitative estimate of drug-likeness (QED) is 0.680. The summed E-state index contributed by atoms with van der Waals surface area (Å²) < 4.78 is 13.2. The number of nitrogens with zero attached hydrogens (tertiary/aromatic N) is 5. The molecule has 2 aliphatic rings. The monoisotopic (exact) mass is 412 g/mol. The zero-order valence-corrected chi connectivity index (χ0v) is 17.6. The highest BCUT2D eigenvalue weighted by atomic mass is 16.5. The Hall–Kier alpha value is -2.49. The lowest BCUT2D eigenvalue weighted by Gasteiger charge is -2.42. The van der Waals surface area contributed by atoms with Crippen LogP contribution in [0.4, 0.5) is 5.82 Å². The highest BCUT2D eigenvalue weighted by Crippen LogP contribution is 2.43. The van der Waals surface area contributed by atoms with Crippen LogP contribution in [0, 0.1) is 0 Å². The van der Waals surface area contributed by atoms with Gasteiger partial charge in [-0.3, -0.25) is 5.10 Å². The molecular formula is C21H28N6O3. The van der Waals surface area contributed by atoms with Crippen molar-refractivity contribution in [2.45, 2.75) is 50.9 Å². The Morgan fingerprint density at radius 1 is 1.27 bits per heavy atom. The summed E-state index contributed by atoms with van der Waals surface area (Å²) in [4.78, 5) is 7.20. The predicted octanol–water partition coefficient (Wildman–Crippen LogP) is 2.15. The summed E-state index contributed by atoms with van der Waals surface area (Å²) in [5.41, 5.74) is 0.102. The average molecular weight is 412 g/mol. The second-order valence-electron chi connectivity index (χ2n) is 8.94. The van der Waals surface area contributed by atoms with Crippen molar-refractivity contribution in [3.8, 4) is 5.82 Å². The van der Waals surface area contributed by atoms with Crippen LogP contribution in [-0.2, 0) is 15.1 Å². The third kappa shape index (κ3) is 3.27. The van der Waals surface area contributed by atoms with Crippen LogP contribution in [0.15, 0.2) is 24.5 Å². The SMILES string of the molecule is C[C@@H]1COCCN1c1cc(C2(O)CCOC(C)(C)C2)c2cnn(-c3cc[nH]n3)c2n1. The van der Waals surface area contributed by atoms with Gasteiger partial charge in [-0.05, 0) is 32.4 Å². The molecule has 2 saturated heterocycles. The van der Waals surface area contributed by atoms with E-state index in [-0.39, 0.29) is 6.04 Å². The van der Waals surface area contributed by atoms with Gasteiger partial charge in [-0.2, -0.15) is 14.9 Å². The molecule has 0 spiro atoms. The van der Waals surface area contributed by atoms with Gasteiger partial charge in [-0.1, -0.05) is 0 Å². The van der Waals surface area contributed by atoms with Gasteiger partial charge in [0.05, 0.1) is 43.3 Å². The summed E-state index contributed by atoms with van der Waals surface area (Å²) in [7, 11) is 0. The lowest BCUT2D eigenvalue weighted by molar-refractivity contribution is -0.147. The first-order valence-corrected chi connectivity index (χ1v) is 10.5. The molecule has 0 amide bonds. The summed E-state index contributed by atoms with van der Waals surface area (Å²) in [6, 6.07) is 4.07. The number of anilines is 1. The number of aliphatic hydroxyl groups is 1. The molecule has 0 bridgehead atoms. The zero-order chi connectivity index (χ0) is 20.9. The van der Waals surface area contributed by atoms with E-state index in [1.807, 2.05) is 26.0 Å². The molecule has 0 aliphatic carbocycles. The van der Waals surface area contributed by atoms with Gasteiger partial charge < -0.3 is 19.5 Å². The number of aromatic nitrogens is 5. The van der Waals surface area contributed by atoms with Crippen molar-refractivity contribution in [1.29, 1.82) is 0 Å². The molecule has 2 N–H and O–H groups in total. The van der Waals surface area contributed by atoms with Crippen LogP contribution in [-0.4, -0.2) is 68.1 Å². The fourth-order valence-corrected chi connectivity index (χ4v) is 4.69. The molecule has 3 aromatic rings. The summed E-state index contributed by atoms with van der Waals surface area (Å²) in [6.07, 6.45) is 4.57. The fourth-order valence-electron chi connectivity index (χ4n) is 4.69. The van der Waals surface area contributed by atoms with E-state index in [0.717, 1.165) is 23.3 Å². The van der Waals surface area contributed by atoms with E-state index >= 15 is 0 Å². The van der Waals surface area contributed by atoms with E-state index in [0.29, 0.717) is 44.1 Å². The first-order chi connectivity index (χ1) is 14.4. The smallest absolute Gasteiger partial charge is 0.177 e. The van der Waals surface area contributed by atoms with Crippen LogP contribution in [0.25, 0.3) is 16.9 Å². The first-order valence-electron chi connectivity index (χ1n) is 10.5. The Bertz CT molecular complexity index is 1050. The summed E-state index contributed by atoms with van der Waals surface area (Å²) in [5.74, 6) is 1.48. The Kier molecular flexibility index (Phi) is 4.57. The van der Waals surface area contributed by atoms with Crippen molar-refractivity contribution in [3.63, 3.8) is 0 Å². The van der Waals surface area contributed by atoms with E-state index in [2.05, 4.69) is 27.1 Å². The number of hydrogen-bond acceptors (Lipinski definition) is 7. The van der Waals surface area contributed by atoms with E-state index in [9.17, 15) is 5.11 Å². The molecule has 0 saturated carbocycles. The van der Waals surface area contributed by atoms with E-state index in [4.69, 9.17) is 14.5 Å². The second kappa shape index (κ2) is 7.04. The largest absolute Gasteiger partial charge is 0.385 e. The Balaban J connectivity index is 1.71. The average Bonchev–Trinajstić information content (AvgIpc) is 3.36. The van der Waals surface area contributed by atoms with Gasteiger partial charge in [0.15, 0.2) is 11.5 Å². The molecule has 9 heteroatoms. The standard InChI is InChI=1S/C21H28N6O3/c1-14-12-29-9-7-26(14)18-10-16(21(28)5-8-30-20(2,3)13-21)15-11-23-27(19(15)24-18)17-4-6-22-25-17/h4,6,10-11,14,28H,5,7-9,12-13H2,1-3H3,(H,22,25)/t14-,21?/m1/s1. The number of aromatic amines is 1. The molecule has 2 aliphatic heterocycles. The van der Waals surface area contributed by atoms with Crippen molar-refractivity contribution in [2.24, 2.45) is 0 Å². The van der Waals surface area contributed by atoms with Gasteiger partial charge in [-0.25, -0.2) is 4.98 Å². The van der Waals surface area contributed by atoms with Gasteiger partial charge in [0.1, 0.15) is 5.82 Å². The maximum atomic E-state index is 11.8. The van der Waals surface area contributed by atoms with Crippen molar-refractivity contribution in [3.05, 3.63) is 30.1 Å². The molecule has 5 heterocycles. The van der Waals surface area contributed by atoms with Crippen molar-refractivity contribution < 1.29 is 14.6 Å². The molecule has 0 aromatic carbocycles. The summed E-state index contributed by atoms with van der Waals surface area (Å²) >= 11 is 0. The topological polar surface area (TPSA) is 101 Å². The normalized spacial score (nSPS) is 26.9. The number of pyridine rings is 1. The summed E-state index contributed by atoms with van der Waals surface area (Å²) in [6.45, 7) is 8.73. The van der Waals surface area contributed by atoms with Crippen LogP contribution >= 0.6 is 0 Å². The molecular weight excluding hydrogens is 384 g/mol. The lowest BCUT2D eigenvalue weighted by atomic mass is 9.78. The van der Waals surface area contributed by atoms with Crippen molar-refractivity contribution in [1.82, 2.24) is 25.0 Å². The first kappa shape index (κ1) is 19.5. The zero-order valence-electron chi connectivity index (χ0n) is 17.6. The molecule has 3 aromatic heterocycles. The Morgan fingerprint density at radius 2 is 2.13 bits per heavy atom. The van der Waals surface area contributed by atoms with Gasteiger partial charge >= 0.3 is 0 Å². The Labute approximate surface area is 175 Å². The van der Waals surface area contributed by atoms with Gasteiger partial charge in [0, 0.05) is 37.0 Å². The van der Waals surface area contributed by atoms with Crippen LogP contribution < -0.4 is 4.90 Å². The maximum Gasteiger partial charge on any atom is 0.177 e. The maximum absolute atomic E-state index is 11.8. The number of rotatable bonds is 3. The van der Waals surface area contributed by atoms with Crippen molar-refractivity contribution in [2.75, 3.05) is 31.3 Å². The molecule has 160 valence electrons. The predicted molar refractivity (Wildman–Crippen MR) is 112 cm³/mol. The highest BCUT2D eigenvalue weighted by molar-refractivity contribution is 5.83. The molecule has 9 nitrogen and oxygen atoms in total. The number of ether oxygens (including phenoxy) is 2. The number of hydrogen-bond donors (Lipinski definition) is 2. The number of morpholine rings is 1. The van der Waals surface area contributed by atoms with Gasteiger partial charge in [-0.15, -0.1) is 0 Å². The van der Waals surface area contributed by atoms with Crippen LogP contribution in [0.1, 0.15) is 39.2 Å². The number of H-pyrrole nitrogens is 1. The van der Waals surface area contributed by atoms with E-state index in [1.54, 1.807) is 17.1 Å². The highest BCUT2D eigenvalue weighted by Gasteiger charge is 2.42. The van der Waals surface area contributed by atoms with E-state index < -0.39 is 11.2 Å². The lowest BCUT2D eigenvalue weighted by Crippen LogP contribution is -2.45. The van der Waals surface area contributed by atoms with E-state index in [1.165, 1.54) is 0 Å². The minimum absolute atomic E-state index is 0.194. The van der Waals surface area contributed by atoms with Crippen molar-refractivity contribution >= 4 is 16.9 Å². The van der Waals surface area contributed by atoms with Crippen LogP contribution in [0.2, 0.25) is 0 Å². The Morgan fingerprint density at radius 3 is 2.87 bits per heavy atom. The third-order valence-electron chi connectivity index (χ3n) is 6.12. The third-order valence-corrected chi connectivity index (χ3v) is 6.12. The summed E-state index contributed by atoms with van der Waals surface area (Å²) in [5, 5.41) is 24.3. The molecule has 2 atom stereocenters.